The molecule has 2 rings (SSSR count). The lowest BCUT2D eigenvalue weighted by Crippen LogP contribution is -2.41. The van der Waals surface area contributed by atoms with Gasteiger partial charge in [0.25, 0.3) is 5.91 Å². The highest BCUT2D eigenvalue weighted by Gasteiger charge is 2.29. The van der Waals surface area contributed by atoms with E-state index in [0.717, 1.165) is 0 Å². The van der Waals surface area contributed by atoms with E-state index in [4.69, 9.17) is 19.1 Å². The van der Waals surface area contributed by atoms with Gasteiger partial charge in [-0.3, -0.25) is 4.79 Å². The van der Waals surface area contributed by atoms with Gasteiger partial charge in [-0.25, -0.2) is 4.79 Å². The van der Waals surface area contributed by atoms with Gasteiger partial charge in [0.15, 0.2) is 23.9 Å². The number of carboxylic acids is 1. The minimum Gasteiger partial charge on any atom is -0.490 e. The molecule has 9 heteroatoms. The lowest BCUT2D eigenvalue weighted by atomic mass is 10.0. The Morgan fingerprint density at radius 2 is 2.00 bits per heavy atom. The summed E-state index contributed by atoms with van der Waals surface area (Å²) in [7, 11) is 0. The Bertz CT molecular complexity index is 800. The maximum absolute atomic E-state index is 12.6. The van der Waals surface area contributed by atoms with Crippen LogP contribution in [0.2, 0.25) is 0 Å². The second kappa shape index (κ2) is 7.85. The molecule has 9 nitrogen and oxygen atoms in total. The maximum Gasteiger partial charge on any atom is 0.341 e. The molecule has 0 fully saturated rings. The molecule has 0 aliphatic carbocycles. The molecular formula is C17H21N3O6. The SMILES string of the molecule is CCOc1cc(C(=O)NC(C)(C)c2noc(C)n2)ccc1OCC(=O)O. The summed E-state index contributed by atoms with van der Waals surface area (Å²) in [5, 5.41) is 15.4. The van der Waals surface area contributed by atoms with Crippen molar-refractivity contribution in [1.29, 1.82) is 0 Å². The van der Waals surface area contributed by atoms with E-state index in [0.29, 0.717) is 23.9 Å². The third kappa shape index (κ3) is 4.71. The quantitative estimate of drug-likeness (QED) is 0.729. The van der Waals surface area contributed by atoms with E-state index in [9.17, 15) is 9.59 Å². The third-order valence-electron chi connectivity index (χ3n) is 3.37. The number of nitrogens with one attached hydrogen (secondary N) is 1. The fraction of sp³-hybridized carbons (Fsp3) is 0.412. The predicted molar refractivity (Wildman–Crippen MR) is 90.3 cm³/mol. The number of carbonyl (C=O) groups is 2. The fourth-order valence-electron chi connectivity index (χ4n) is 2.14. The van der Waals surface area contributed by atoms with Crippen molar-refractivity contribution in [3.05, 3.63) is 35.5 Å². The molecule has 0 aliphatic heterocycles. The highest BCUT2D eigenvalue weighted by atomic mass is 16.5. The summed E-state index contributed by atoms with van der Waals surface area (Å²) >= 11 is 0. The number of rotatable bonds is 8. The Labute approximate surface area is 150 Å². The van der Waals surface area contributed by atoms with Crippen LogP contribution in [0.15, 0.2) is 22.7 Å². The Morgan fingerprint density at radius 1 is 1.27 bits per heavy atom. The number of carboxylic acid groups (broad SMARTS) is 1. The van der Waals surface area contributed by atoms with E-state index in [1.54, 1.807) is 27.7 Å². The highest BCUT2D eigenvalue weighted by Crippen LogP contribution is 2.29. The second-order valence-corrected chi connectivity index (χ2v) is 5.99. The van der Waals surface area contributed by atoms with Gasteiger partial charge >= 0.3 is 5.97 Å². The molecule has 0 bridgehead atoms. The number of nitrogens with zero attached hydrogens (tertiary/aromatic N) is 2. The summed E-state index contributed by atoms with van der Waals surface area (Å²) in [6.07, 6.45) is 0. The van der Waals surface area contributed by atoms with Crippen molar-refractivity contribution in [2.75, 3.05) is 13.2 Å². The van der Waals surface area contributed by atoms with Crippen LogP contribution in [0.5, 0.6) is 11.5 Å². The van der Waals surface area contributed by atoms with Crippen LogP contribution >= 0.6 is 0 Å². The molecule has 26 heavy (non-hydrogen) atoms. The number of aryl methyl sites for hydroxylation is 1. The van der Waals surface area contributed by atoms with E-state index >= 15 is 0 Å². The molecular weight excluding hydrogens is 342 g/mol. The minimum absolute atomic E-state index is 0.249. The van der Waals surface area contributed by atoms with Crippen LogP contribution in [0.25, 0.3) is 0 Å². The zero-order valence-corrected chi connectivity index (χ0v) is 15.0. The van der Waals surface area contributed by atoms with Crippen LogP contribution in [0.1, 0.15) is 42.8 Å². The highest BCUT2D eigenvalue weighted by molar-refractivity contribution is 5.95. The molecule has 2 N–H and O–H groups in total. The van der Waals surface area contributed by atoms with Crippen molar-refractivity contribution in [2.45, 2.75) is 33.2 Å². The summed E-state index contributed by atoms with van der Waals surface area (Å²) in [6, 6.07) is 4.51. The number of carbonyl (C=O) groups excluding carboxylic acids is 1. The molecule has 0 aliphatic rings. The summed E-state index contributed by atoms with van der Waals surface area (Å²) in [6.45, 7) is 6.78. The molecule has 1 heterocycles. The molecule has 140 valence electrons. The Morgan fingerprint density at radius 3 is 2.58 bits per heavy atom. The molecule has 0 unspecified atom stereocenters. The topological polar surface area (TPSA) is 124 Å². The van der Waals surface area contributed by atoms with Crippen LogP contribution in [0.4, 0.5) is 0 Å². The molecule has 0 radical (unpaired) electrons. The molecule has 1 aromatic heterocycles. The molecule has 2 aromatic rings. The number of aromatic nitrogens is 2. The Balaban J connectivity index is 2.20. The van der Waals surface area contributed by atoms with Gasteiger partial charge in [0.2, 0.25) is 5.89 Å². The maximum atomic E-state index is 12.6. The van der Waals surface area contributed by atoms with E-state index in [1.165, 1.54) is 18.2 Å². The number of amides is 1. The van der Waals surface area contributed by atoms with Gasteiger partial charge in [-0.05, 0) is 39.0 Å². The number of hydrogen-bond donors (Lipinski definition) is 2. The van der Waals surface area contributed by atoms with Gasteiger partial charge < -0.3 is 24.4 Å². The average Bonchev–Trinajstić information content (AvgIpc) is 3.01. The molecule has 1 aromatic carbocycles. The predicted octanol–water partition coefficient (Wildman–Crippen LogP) is 1.91. The van der Waals surface area contributed by atoms with Crippen molar-refractivity contribution in [3.8, 4) is 11.5 Å². The van der Waals surface area contributed by atoms with Crippen molar-refractivity contribution in [2.24, 2.45) is 0 Å². The van der Waals surface area contributed by atoms with Gasteiger partial charge in [0, 0.05) is 12.5 Å². The van der Waals surface area contributed by atoms with Crippen LogP contribution in [0.3, 0.4) is 0 Å². The molecule has 0 saturated heterocycles. The largest absolute Gasteiger partial charge is 0.490 e. The number of aliphatic carboxylic acids is 1. The number of benzene rings is 1. The third-order valence-corrected chi connectivity index (χ3v) is 3.37. The first-order valence-corrected chi connectivity index (χ1v) is 7.97. The summed E-state index contributed by atoms with van der Waals surface area (Å²) in [4.78, 5) is 27.4. The zero-order valence-electron chi connectivity index (χ0n) is 15.0. The zero-order chi connectivity index (χ0) is 19.3. The second-order valence-electron chi connectivity index (χ2n) is 5.99. The van der Waals surface area contributed by atoms with Crippen molar-refractivity contribution in [3.63, 3.8) is 0 Å². The smallest absolute Gasteiger partial charge is 0.341 e. The van der Waals surface area contributed by atoms with E-state index in [2.05, 4.69) is 15.5 Å². The van der Waals surface area contributed by atoms with E-state index in [-0.39, 0.29) is 17.4 Å². The summed E-state index contributed by atoms with van der Waals surface area (Å²) in [5.41, 5.74) is -0.525. The summed E-state index contributed by atoms with van der Waals surface area (Å²) in [5.74, 6) is -0.182. The van der Waals surface area contributed by atoms with Gasteiger partial charge in [-0.15, -0.1) is 0 Å². The van der Waals surface area contributed by atoms with Crippen LogP contribution < -0.4 is 14.8 Å². The Hall–Kier alpha value is -3.10. The standard InChI is InChI=1S/C17H21N3O6/c1-5-24-13-8-11(6-7-12(13)25-9-14(21)22)15(23)19-17(3,4)16-18-10(2)26-20-16/h6-8H,5,9H2,1-4H3,(H,19,23)(H,21,22). The fourth-order valence-corrected chi connectivity index (χ4v) is 2.14. The average molecular weight is 363 g/mol. The van der Waals surface area contributed by atoms with Crippen molar-refractivity contribution < 1.29 is 28.7 Å². The van der Waals surface area contributed by atoms with E-state index in [1.807, 2.05) is 0 Å². The van der Waals surface area contributed by atoms with Gasteiger partial charge in [-0.2, -0.15) is 4.98 Å². The van der Waals surface area contributed by atoms with Gasteiger partial charge in [-0.1, -0.05) is 5.16 Å². The monoisotopic (exact) mass is 363 g/mol. The first kappa shape index (κ1) is 19.2. The number of hydrogen-bond acceptors (Lipinski definition) is 7. The molecule has 0 spiro atoms. The van der Waals surface area contributed by atoms with Crippen molar-refractivity contribution >= 4 is 11.9 Å². The van der Waals surface area contributed by atoms with E-state index < -0.39 is 18.1 Å². The molecule has 0 saturated carbocycles. The van der Waals surface area contributed by atoms with Crippen LogP contribution in [0, 0.1) is 6.92 Å². The van der Waals surface area contributed by atoms with Crippen LogP contribution in [-0.4, -0.2) is 40.3 Å². The minimum atomic E-state index is -1.11. The van der Waals surface area contributed by atoms with Gasteiger partial charge in [0.05, 0.1) is 12.1 Å². The first-order chi connectivity index (χ1) is 12.2. The van der Waals surface area contributed by atoms with Crippen molar-refractivity contribution in [1.82, 2.24) is 15.5 Å². The number of ether oxygens (including phenoxy) is 2. The molecule has 0 atom stereocenters. The van der Waals surface area contributed by atoms with Gasteiger partial charge in [0.1, 0.15) is 0 Å². The Kier molecular flexibility index (Phi) is 5.81. The van der Waals surface area contributed by atoms with Crippen LogP contribution in [-0.2, 0) is 10.3 Å². The lowest BCUT2D eigenvalue weighted by Gasteiger charge is -2.22. The lowest BCUT2D eigenvalue weighted by molar-refractivity contribution is -0.139. The summed E-state index contributed by atoms with van der Waals surface area (Å²) < 4.78 is 15.6. The molecule has 1 amide bonds. The normalized spacial score (nSPS) is 11.1. The first-order valence-electron chi connectivity index (χ1n) is 7.97.